The Kier molecular flexibility index (Phi) is 6.92. The van der Waals surface area contributed by atoms with Crippen LogP contribution >= 0.6 is 11.6 Å². The summed E-state index contributed by atoms with van der Waals surface area (Å²) in [6, 6.07) is 17.4. The van der Waals surface area contributed by atoms with Gasteiger partial charge in [-0.05, 0) is 43.6 Å². The van der Waals surface area contributed by atoms with E-state index in [1.165, 1.54) is 25.7 Å². The van der Waals surface area contributed by atoms with Crippen molar-refractivity contribution in [3.63, 3.8) is 0 Å². The van der Waals surface area contributed by atoms with Crippen LogP contribution in [-0.2, 0) is 13.0 Å². The predicted octanol–water partition coefficient (Wildman–Crippen LogP) is 4.43. The fraction of sp³-hybridized carbons (Fsp3) is 0.375. The maximum absolute atomic E-state index is 13.2. The van der Waals surface area contributed by atoms with Crippen LogP contribution in [0.5, 0.6) is 0 Å². The molecule has 1 fully saturated rings. The summed E-state index contributed by atoms with van der Waals surface area (Å²) < 4.78 is 1.59. The molecule has 156 valence electrons. The van der Waals surface area contributed by atoms with Gasteiger partial charge in [0.15, 0.2) is 5.82 Å². The van der Waals surface area contributed by atoms with Gasteiger partial charge in [-0.2, -0.15) is 0 Å². The van der Waals surface area contributed by atoms with Crippen LogP contribution in [0.25, 0.3) is 11.4 Å². The quantitative estimate of drug-likeness (QED) is 0.589. The Labute approximate surface area is 182 Å². The number of rotatable bonds is 6. The van der Waals surface area contributed by atoms with Crippen LogP contribution < -0.4 is 5.56 Å². The Morgan fingerprint density at radius 1 is 0.900 bits per heavy atom. The van der Waals surface area contributed by atoms with Crippen LogP contribution in [0.3, 0.4) is 0 Å². The maximum atomic E-state index is 13.2. The molecule has 0 radical (unpaired) electrons. The van der Waals surface area contributed by atoms with Gasteiger partial charge in [0.25, 0.3) is 5.56 Å². The molecule has 0 spiro atoms. The van der Waals surface area contributed by atoms with Crippen molar-refractivity contribution in [2.24, 2.45) is 0 Å². The maximum Gasteiger partial charge on any atom is 0.288 e. The molecule has 0 amide bonds. The first-order valence-electron chi connectivity index (χ1n) is 10.7. The highest BCUT2D eigenvalue weighted by Gasteiger charge is 2.15. The Bertz CT molecular complexity index is 1030. The molecule has 0 N–H and O–H groups in total. The van der Waals surface area contributed by atoms with Crippen LogP contribution in [-0.4, -0.2) is 39.3 Å². The van der Waals surface area contributed by atoms with E-state index < -0.39 is 0 Å². The summed E-state index contributed by atoms with van der Waals surface area (Å²) in [6.45, 7) is 3.59. The summed E-state index contributed by atoms with van der Waals surface area (Å²) in [7, 11) is 0. The van der Waals surface area contributed by atoms with Gasteiger partial charge in [-0.15, -0.1) is 5.10 Å². The van der Waals surface area contributed by atoms with E-state index in [2.05, 4.69) is 15.0 Å². The zero-order chi connectivity index (χ0) is 20.8. The molecule has 2 aromatic carbocycles. The predicted molar refractivity (Wildman–Crippen MR) is 121 cm³/mol. The van der Waals surface area contributed by atoms with Crippen LogP contribution in [0.15, 0.2) is 59.4 Å². The second-order valence-electron chi connectivity index (χ2n) is 7.84. The lowest BCUT2D eigenvalue weighted by molar-refractivity contribution is 0.266. The summed E-state index contributed by atoms with van der Waals surface area (Å²) in [6.07, 6.45) is 5.53. The number of hydrogen-bond acceptors (Lipinski definition) is 4. The summed E-state index contributed by atoms with van der Waals surface area (Å²) in [5, 5.41) is 5.23. The van der Waals surface area contributed by atoms with E-state index >= 15 is 0 Å². The van der Waals surface area contributed by atoms with Gasteiger partial charge in [0, 0.05) is 23.6 Å². The molecule has 4 rings (SSSR count). The average Bonchev–Trinajstić information content (AvgIpc) is 3.04. The third-order valence-corrected chi connectivity index (χ3v) is 5.80. The second-order valence-corrected chi connectivity index (χ2v) is 8.28. The van der Waals surface area contributed by atoms with Gasteiger partial charge in [-0.1, -0.05) is 66.9 Å². The molecule has 2 heterocycles. The molecule has 1 aliphatic heterocycles. The average molecular weight is 423 g/mol. The number of benzene rings is 2. The minimum atomic E-state index is -0.112. The number of aromatic nitrogens is 3. The molecule has 6 heteroatoms. The van der Waals surface area contributed by atoms with Gasteiger partial charge >= 0.3 is 0 Å². The fourth-order valence-corrected chi connectivity index (χ4v) is 4.10. The highest BCUT2D eigenvalue weighted by atomic mass is 35.5. The zero-order valence-corrected chi connectivity index (χ0v) is 17.9. The van der Waals surface area contributed by atoms with E-state index in [9.17, 15) is 4.79 Å². The van der Waals surface area contributed by atoms with Gasteiger partial charge in [0.1, 0.15) is 5.69 Å². The Morgan fingerprint density at radius 3 is 2.40 bits per heavy atom. The van der Waals surface area contributed by atoms with E-state index in [1.54, 1.807) is 4.68 Å². The summed E-state index contributed by atoms with van der Waals surface area (Å²) in [5.74, 6) is 0.541. The van der Waals surface area contributed by atoms with Crippen LogP contribution in [0, 0.1) is 0 Å². The minimum Gasteiger partial charge on any atom is -0.301 e. The van der Waals surface area contributed by atoms with E-state index in [0.717, 1.165) is 30.8 Å². The molecule has 30 heavy (non-hydrogen) atoms. The number of nitrogens with zero attached hydrogens (tertiary/aromatic N) is 4. The molecule has 0 unspecified atom stereocenters. The fourth-order valence-electron chi connectivity index (χ4n) is 3.91. The minimum absolute atomic E-state index is 0.112. The van der Waals surface area contributed by atoms with E-state index in [1.807, 2.05) is 54.6 Å². The zero-order valence-electron chi connectivity index (χ0n) is 17.1. The van der Waals surface area contributed by atoms with Crippen molar-refractivity contribution in [3.05, 3.63) is 81.2 Å². The first-order chi connectivity index (χ1) is 14.7. The van der Waals surface area contributed by atoms with Gasteiger partial charge < -0.3 is 4.90 Å². The van der Waals surface area contributed by atoms with Crippen molar-refractivity contribution in [2.75, 3.05) is 19.6 Å². The van der Waals surface area contributed by atoms with Crippen molar-refractivity contribution in [2.45, 2.75) is 38.6 Å². The highest BCUT2D eigenvalue weighted by molar-refractivity contribution is 6.30. The SMILES string of the molecule is O=c1c(Cc2ccccc2)nc(-c2cccc(Cl)c2)nn1CCN1CCCCCC1. The molecule has 3 aromatic rings. The van der Waals surface area contributed by atoms with Gasteiger partial charge in [-0.3, -0.25) is 4.79 Å². The number of halogens is 1. The molecule has 1 saturated heterocycles. The third kappa shape index (κ3) is 5.35. The summed E-state index contributed by atoms with van der Waals surface area (Å²) in [4.78, 5) is 20.2. The van der Waals surface area contributed by atoms with E-state index in [0.29, 0.717) is 29.5 Å². The van der Waals surface area contributed by atoms with Crippen molar-refractivity contribution in [1.29, 1.82) is 0 Å². The molecule has 1 aliphatic rings. The van der Waals surface area contributed by atoms with Crippen molar-refractivity contribution in [3.8, 4) is 11.4 Å². The Balaban J connectivity index is 1.65. The highest BCUT2D eigenvalue weighted by Crippen LogP contribution is 2.19. The van der Waals surface area contributed by atoms with Crippen LogP contribution in [0.2, 0.25) is 5.02 Å². The topological polar surface area (TPSA) is 51.0 Å². The molecule has 0 saturated carbocycles. The van der Waals surface area contributed by atoms with Crippen molar-refractivity contribution in [1.82, 2.24) is 19.7 Å². The Hall–Kier alpha value is -2.50. The van der Waals surface area contributed by atoms with E-state index in [-0.39, 0.29) is 5.56 Å². The largest absolute Gasteiger partial charge is 0.301 e. The lowest BCUT2D eigenvalue weighted by Crippen LogP contribution is -2.35. The van der Waals surface area contributed by atoms with Gasteiger partial charge in [0.05, 0.1) is 6.54 Å². The monoisotopic (exact) mass is 422 g/mol. The van der Waals surface area contributed by atoms with Crippen molar-refractivity contribution < 1.29 is 0 Å². The lowest BCUT2D eigenvalue weighted by Gasteiger charge is -2.20. The lowest BCUT2D eigenvalue weighted by atomic mass is 10.1. The molecule has 1 aromatic heterocycles. The van der Waals surface area contributed by atoms with Crippen molar-refractivity contribution >= 4 is 11.6 Å². The molecule has 0 aliphatic carbocycles. The molecule has 5 nitrogen and oxygen atoms in total. The molecular weight excluding hydrogens is 396 g/mol. The molecular formula is C24H27ClN4O. The number of likely N-dealkylation sites (tertiary alicyclic amines) is 1. The Morgan fingerprint density at radius 2 is 1.67 bits per heavy atom. The third-order valence-electron chi connectivity index (χ3n) is 5.56. The second kappa shape index (κ2) is 10.0. The summed E-state index contributed by atoms with van der Waals surface area (Å²) in [5.41, 5.74) is 2.28. The molecule has 0 atom stereocenters. The first kappa shape index (κ1) is 20.8. The smallest absolute Gasteiger partial charge is 0.288 e. The normalized spacial score (nSPS) is 15.1. The standard InChI is InChI=1S/C24H27ClN4O/c25-21-12-8-11-20(18-21)23-26-22(17-19-9-4-3-5-10-19)24(30)29(27-23)16-15-28-13-6-1-2-7-14-28/h3-5,8-12,18H,1-2,6-7,13-17H2. The molecule has 0 bridgehead atoms. The number of hydrogen-bond donors (Lipinski definition) is 0. The first-order valence-corrected chi connectivity index (χ1v) is 11.1. The van der Waals surface area contributed by atoms with Gasteiger partial charge in [0.2, 0.25) is 0 Å². The van der Waals surface area contributed by atoms with E-state index in [4.69, 9.17) is 11.6 Å². The van der Waals surface area contributed by atoms with Crippen LogP contribution in [0.4, 0.5) is 0 Å². The van der Waals surface area contributed by atoms with Crippen LogP contribution in [0.1, 0.15) is 36.9 Å². The van der Waals surface area contributed by atoms with Gasteiger partial charge in [-0.25, -0.2) is 9.67 Å². The summed E-state index contributed by atoms with van der Waals surface area (Å²) >= 11 is 6.18.